The molecule has 15 heavy (non-hydrogen) atoms. The normalized spacial score (nSPS) is 10.7. The lowest BCUT2D eigenvalue weighted by molar-refractivity contribution is 0.589. The van der Waals surface area contributed by atoms with Gasteiger partial charge in [0.1, 0.15) is 0 Å². The predicted octanol–water partition coefficient (Wildman–Crippen LogP) is 2.28. The molecule has 0 saturated heterocycles. The molecular weight excluding hydrogens is 254 g/mol. The van der Waals surface area contributed by atoms with Crippen molar-refractivity contribution in [3.63, 3.8) is 0 Å². The van der Waals surface area contributed by atoms with Crippen molar-refractivity contribution in [2.45, 2.75) is 19.9 Å². The summed E-state index contributed by atoms with van der Waals surface area (Å²) in [5, 5.41) is 3.39. The Morgan fingerprint density at radius 3 is 2.87 bits per heavy atom. The van der Waals surface area contributed by atoms with Gasteiger partial charge in [0, 0.05) is 38.6 Å². The third-order valence-corrected chi connectivity index (χ3v) is 2.77. The largest absolute Gasteiger partial charge is 0.372 e. The van der Waals surface area contributed by atoms with E-state index in [1.54, 1.807) is 0 Å². The topological polar surface area (TPSA) is 28.2 Å². The lowest BCUT2D eigenvalue weighted by Crippen LogP contribution is -2.32. The first-order valence-electron chi connectivity index (χ1n) is 5.15. The van der Waals surface area contributed by atoms with Crippen LogP contribution < -0.4 is 10.2 Å². The van der Waals surface area contributed by atoms with Crippen LogP contribution in [0.15, 0.2) is 22.9 Å². The van der Waals surface area contributed by atoms with Crippen molar-refractivity contribution < 1.29 is 0 Å². The molecule has 0 atom stereocenters. The van der Waals surface area contributed by atoms with Crippen LogP contribution in [0.4, 0.5) is 5.69 Å². The van der Waals surface area contributed by atoms with E-state index in [1.165, 1.54) is 5.69 Å². The summed E-state index contributed by atoms with van der Waals surface area (Å²) < 4.78 is 1.04. The van der Waals surface area contributed by atoms with Gasteiger partial charge in [0.2, 0.25) is 0 Å². The molecule has 0 fully saturated rings. The van der Waals surface area contributed by atoms with Gasteiger partial charge in [-0.05, 0) is 22.0 Å². The number of anilines is 1. The SMILES string of the molecule is CC(C)NCCN(C)c1ccncc1Br. The molecule has 1 heterocycles. The smallest absolute Gasteiger partial charge is 0.0592 e. The fourth-order valence-corrected chi connectivity index (χ4v) is 1.87. The Balaban J connectivity index is 2.47. The average molecular weight is 272 g/mol. The van der Waals surface area contributed by atoms with E-state index in [0.717, 1.165) is 17.6 Å². The molecular formula is C11H18BrN3. The third kappa shape index (κ3) is 4.18. The quantitative estimate of drug-likeness (QED) is 0.891. The van der Waals surface area contributed by atoms with E-state index >= 15 is 0 Å². The van der Waals surface area contributed by atoms with Crippen molar-refractivity contribution in [1.82, 2.24) is 10.3 Å². The van der Waals surface area contributed by atoms with Gasteiger partial charge in [-0.1, -0.05) is 13.8 Å². The average Bonchev–Trinajstić information content (AvgIpc) is 2.17. The van der Waals surface area contributed by atoms with Gasteiger partial charge >= 0.3 is 0 Å². The first-order valence-corrected chi connectivity index (χ1v) is 5.94. The Kier molecular flexibility index (Phi) is 5.05. The van der Waals surface area contributed by atoms with Crippen LogP contribution in [-0.4, -0.2) is 31.2 Å². The van der Waals surface area contributed by atoms with Gasteiger partial charge in [-0.2, -0.15) is 0 Å². The zero-order valence-electron chi connectivity index (χ0n) is 9.50. The molecule has 3 nitrogen and oxygen atoms in total. The van der Waals surface area contributed by atoms with Crippen molar-refractivity contribution >= 4 is 21.6 Å². The maximum Gasteiger partial charge on any atom is 0.0592 e. The second kappa shape index (κ2) is 6.08. The lowest BCUT2D eigenvalue weighted by Gasteiger charge is -2.21. The van der Waals surface area contributed by atoms with Gasteiger partial charge in [0.05, 0.1) is 10.2 Å². The van der Waals surface area contributed by atoms with Crippen LogP contribution in [-0.2, 0) is 0 Å². The molecule has 0 radical (unpaired) electrons. The Morgan fingerprint density at radius 1 is 1.53 bits per heavy atom. The predicted molar refractivity (Wildman–Crippen MR) is 68.3 cm³/mol. The number of rotatable bonds is 5. The van der Waals surface area contributed by atoms with E-state index < -0.39 is 0 Å². The van der Waals surface area contributed by atoms with Crippen LogP contribution in [0, 0.1) is 0 Å². The van der Waals surface area contributed by atoms with E-state index in [9.17, 15) is 0 Å². The fraction of sp³-hybridized carbons (Fsp3) is 0.545. The maximum atomic E-state index is 4.05. The van der Waals surface area contributed by atoms with Gasteiger partial charge in [-0.15, -0.1) is 0 Å². The van der Waals surface area contributed by atoms with Crippen LogP contribution >= 0.6 is 15.9 Å². The highest BCUT2D eigenvalue weighted by molar-refractivity contribution is 9.10. The highest BCUT2D eigenvalue weighted by Gasteiger charge is 2.04. The molecule has 0 aromatic carbocycles. The molecule has 1 aromatic rings. The molecule has 0 unspecified atom stereocenters. The van der Waals surface area contributed by atoms with Crippen molar-refractivity contribution in [3.8, 4) is 0 Å². The lowest BCUT2D eigenvalue weighted by atomic mass is 10.3. The number of aromatic nitrogens is 1. The number of likely N-dealkylation sites (N-methyl/N-ethyl adjacent to an activating group) is 1. The number of hydrogen-bond acceptors (Lipinski definition) is 3. The minimum absolute atomic E-state index is 0.541. The van der Waals surface area contributed by atoms with Crippen molar-refractivity contribution in [3.05, 3.63) is 22.9 Å². The second-order valence-electron chi connectivity index (χ2n) is 3.86. The fourth-order valence-electron chi connectivity index (χ4n) is 1.32. The van der Waals surface area contributed by atoms with Gasteiger partial charge in [-0.3, -0.25) is 4.98 Å². The van der Waals surface area contributed by atoms with Crippen LogP contribution in [0.25, 0.3) is 0 Å². The summed E-state index contributed by atoms with van der Waals surface area (Å²) in [6, 6.07) is 2.55. The molecule has 1 aromatic heterocycles. The van der Waals surface area contributed by atoms with Crippen molar-refractivity contribution in [1.29, 1.82) is 0 Å². The van der Waals surface area contributed by atoms with Crippen LogP contribution in [0.2, 0.25) is 0 Å². The summed E-state index contributed by atoms with van der Waals surface area (Å²) in [5.41, 5.74) is 1.18. The Morgan fingerprint density at radius 2 is 2.27 bits per heavy atom. The summed E-state index contributed by atoms with van der Waals surface area (Å²) in [5.74, 6) is 0. The zero-order valence-corrected chi connectivity index (χ0v) is 11.1. The molecule has 0 amide bonds. The summed E-state index contributed by atoms with van der Waals surface area (Å²) >= 11 is 3.49. The van der Waals surface area contributed by atoms with Crippen molar-refractivity contribution in [2.24, 2.45) is 0 Å². The Labute approximate surface area is 100 Å². The first-order chi connectivity index (χ1) is 7.11. The minimum atomic E-state index is 0.541. The van der Waals surface area contributed by atoms with Gasteiger partial charge in [0.15, 0.2) is 0 Å². The first kappa shape index (κ1) is 12.5. The second-order valence-corrected chi connectivity index (χ2v) is 4.71. The number of halogens is 1. The van der Waals surface area contributed by atoms with E-state index in [4.69, 9.17) is 0 Å². The number of hydrogen-bond donors (Lipinski definition) is 1. The van der Waals surface area contributed by atoms with Gasteiger partial charge in [0.25, 0.3) is 0 Å². The monoisotopic (exact) mass is 271 g/mol. The van der Waals surface area contributed by atoms with Gasteiger partial charge < -0.3 is 10.2 Å². The Bertz CT molecular complexity index is 302. The minimum Gasteiger partial charge on any atom is -0.372 e. The van der Waals surface area contributed by atoms with Crippen LogP contribution in [0.1, 0.15) is 13.8 Å². The molecule has 0 bridgehead atoms. The summed E-state index contributed by atoms with van der Waals surface area (Å²) in [6.45, 7) is 6.29. The summed E-state index contributed by atoms with van der Waals surface area (Å²) in [6.07, 6.45) is 3.63. The highest BCUT2D eigenvalue weighted by atomic mass is 79.9. The molecule has 0 saturated carbocycles. The molecule has 1 N–H and O–H groups in total. The third-order valence-electron chi connectivity index (χ3n) is 2.16. The van der Waals surface area contributed by atoms with E-state index in [2.05, 4.69) is 52.0 Å². The van der Waals surface area contributed by atoms with E-state index in [-0.39, 0.29) is 0 Å². The molecule has 4 heteroatoms. The molecule has 0 aliphatic heterocycles. The van der Waals surface area contributed by atoms with Crippen LogP contribution in [0.5, 0.6) is 0 Å². The van der Waals surface area contributed by atoms with E-state index in [1.807, 2.05) is 18.5 Å². The highest BCUT2D eigenvalue weighted by Crippen LogP contribution is 2.22. The van der Waals surface area contributed by atoms with Gasteiger partial charge in [-0.25, -0.2) is 0 Å². The maximum absolute atomic E-state index is 4.05. The van der Waals surface area contributed by atoms with Crippen LogP contribution in [0.3, 0.4) is 0 Å². The summed E-state index contributed by atoms with van der Waals surface area (Å²) in [4.78, 5) is 6.26. The number of nitrogens with zero attached hydrogens (tertiary/aromatic N) is 2. The number of pyridine rings is 1. The molecule has 0 aliphatic rings. The molecule has 1 rings (SSSR count). The number of nitrogens with one attached hydrogen (secondary N) is 1. The standard InChI is InChI=1S/C11H18BrN3/c1-9(2)14-6-7-15(3)11-4-5-13-8-10(11)12/h4-5,8-9,14H,6-7H2,1-3H3. The summed E-state index contributed by atoms with van der Waals surface area (Å²) in [7, 11) is 2.09. The zero-order chi connectivity index (χ0) is 11.3. The Hall–Kier alpha value is -0.610. The molecule has 0 spiro atoms. The molecule has 84 valence electrons. The van der Waals surface area contributed by atoms with E-state index in [0.29, 0.717) is 6.04 Å². The molecule has 0 aliphatic carbocycles. The van der Waals surface area contributed by atoms with Crippen molar-refractivity contribution in [2.75, 3.05) is 25.0 Å².